The number of amidine groups is 1. The van der Waals surface area contributed by atoms with Gasteiger partial charge < -0.3 is 5.32 Å². The molecule has 0 fully saturated rings. The van der Waals surface area contributed by atoms with Crippen LogP contribution in [0, 0.1) is 0 Å². The minimum absolute atomic E-state index is 0.276. The number of benzene rings is 2. The second kappa shape index (κ2) is 5.75. The lowest BCUT2D eigenvalue weighted by molar-refractivity contribution is 0.279. The third kappa shape index (κ3) is 2.51. The predicted octanol–water partition coefficient (Wildman–Crippen LogP) is 3.25. The normalized spacial score (nSPS) is 20.6. The molecule has 0 radical (unpaired) electrons. The molecule has 2 heterocycles. The highest BCUT2D eigenvalue weighted by Gasteiger charge is 2.32. The Kier molecular flexibility index (Phi) is 3.60. The number of halogens is 1. The highest BCUT2D eigenvalue weighted by Crippen LogP contribution is 2.38. The zero-order valence-electron chi connectivity index (χ0n) is 12.3. The summed E-state index contributed by atoms with van der Waals surface area (Å²) in [6.45, 7) is 3.68. The maximum Gasteiger partial charge on any atom is 0.111 e. The van der Waals surface area contributed by atoms with Crippen LogP contribution < -0.4 is 5.32 Å². The maximum absolute atomic E-state index is 6.05. The maximum atomic E-state index is 6.05. The summed E-state index contributed by atoms with van der Waals surface area (Å²) in [5, 5.41) is 4.16. The van der Waals surface area contributed by atoms with Crippen molar-refractivity contribution in [3.05, 3.63) is 70.2 Å². The lowest BCUT2D eigenvalue weighted by Crippen LogP contribution is -2.34. The van der Waals surface area contributed by atoms with E-state index in [0.29, 0.717) is 0 Å². The van der Waals surface area contributed by atoms with Gasteiger partial charge in [0.1, 0.15) is 5.84 Å². The molecule has 0 aliphatic carbocycles. The molecule has 112 valence electrons. The third-order valence-corrected chi connectivity index (χ3v) is 4.62. The first-order valence-corrected chi connectivity index (χ1v) is 8.03. The molecule has 0 saturated carbocycles. The fourth-order valence-corrected chi connectivity index (χ4v) is 3.51. The Morgan fingerprint density at radius 2 is 1.95 bits per heavy atom. The molecule has 4 heteroatoms. The summed E-state index contributed by atoms with van der Waals surface area (Å²) in [7, 11) is 0. The summed E-state index contributed by atoms with van der Waals surface area (Å²) in [5.41, 5.74) is 4.08. The molecule has 1 N–H and O–H groups in total. The molecule has 0 amide bonds. The Bertz CT molecular complexity index is 709. The summed E-state index contributed by atoms with van der Waals surface area (Å²) in [6, 6.07) is 17.2. The minimum Gasteiger partial charge on any atom is -0.371 e. The molecule has 1 atom stereocenters. The summed E-state index contributed by atoms with van der Waals surface area (Å²) in [6.07, 6.45) is 0. The summed E-state index contributed by atoms with van der Waals surface area (Å²) >= 11 is 6.05. The fraction of sp³-hybridized carbons (Fsp3) is 0.278. The van der Waals surface area contributed by atoms with Crippen molar-refractivity contribution in [2.75, 3.05) is 19.6 Å². The predicted molar refractivity (Wildman–Crippen MR) is 90.5 cm³/mol. The zero-order chi connectivity index (χ0) is 14.9. The van der Waals surface area contributed by atoms with Gasteiger partial charge in [-0.3, -0.25) is 9.89 Å². The molecule has 0 spiro atoms. The van der Waals surface area contributed by atoms with Crippen molar-refractivity contribution >= 4 is 17.4 Å². The summed E-state index contributed by atoms with van der Waals surface area (Å²) in [4.78, 5) is 7.02. The van der Waals surface area contributed by atoms with E-state index in [-0.39, 0.29) is 6.04 Å². The average Bonchev–Trinajstić information content (AvgIpc) is 3.16. The van der Waals surface area contributed by atoms with Crippen LogP contribution in [0.15, 0.2) is 53.5 Å². The number of aliphatic imine (C=N–C) groups is 1. The largest absolute Gasteiger partial charge is 0.371 e. The van der Waals surface area contributed by atoms with Crippen LogP contribution in [0.4, 0.5) is 0 Å². The Labute approximate surface area is 135 Å². The summed E-state index contributed by atoms with van der Waals surface area (Å²) in [5.74, 6) is 1.10. The van der Waals surface area contributed by atoms with Gasteiger partial charge in [-0.15, -0.1) is 0 Å². The van der Waals surface area contributed by atoms with Gasteiger partial charge in [-0.05, 0) is 28.8 Å². The van der Waals surface area contributed by atoms with Gasteiger partial charge in [0.2, 0.25) is 0 Å². The molecule has 2 aromatic carbocycles. The van der Waals surface area contributed by atoms with Gasteiger partial charge in [0.25, 0.3) is 0 Å². The van der Waals surface area contributed by atoms with Crippen LogP contribution in [0.1, 0.15) is 22.7 Å². The van der Waals surface area contributed by atoms with Gasteiger partial charge in [-0.25, -0.2) is 0 Å². The first kappa shape index (κ1) is 13.8. The molecule has 2 aliphatic rings. The molecule has 22 heavy (non-hydrogen) atoms. The van der Waals surface area contributed by atoms with E-state index < -0.39 is 0 Å². The van der Waals surface area contributed by atoms with Crippen molar-refractivity contribution in [3.8, 4) is 0 Å². The number of nitrogens with zero attached hydrogens (tertiary/aromatic N) is 2. The number of fused-ring (bicyclic) bond motifs is 1. The molecule has 3 nitrogen and oxygen atoms in total. The van der Waals surface area contributed by atoms with Gasteiger partial charge in [0.05, 0.1) is 19.1 Å². The highest BCUT2D eigenvalue weighted by atomic mass is 35.5. The number of nitrogens with one attached hydrogen (secondary N) is 1. The SMILES string of the molecule is Clc1ccc(C2c3ccccc3CN2CC2=NCCN2)cc1. The lowest BCUT2D eigenvalue weighted by atomic mass is 9.98. The first-order chi connectivity index (χ1) is 10.8. The van der Waals surface area contributed by atoms with Crippen molar-refractivity contribution in [1.82, 2.24) is 10.2 Å². The van der Waals surface area contributed by atoms with Crippen molar-refractivity contribution < 1.29 is 0 Å². The van der Waals surface area contributed by atoms with Crippen LogP contribution in [0.25, 0.3) is 0 Å². The van der Waals surface area contributed by atoms with E-state index in [1.165, 1.54) is 16.7 Å². The topological polar surface area (TPSA) is 27.6 Å². The van der Waals surface area contributed by atoms with Crippen LogP contribution in [0.3, 0.4) is 0 Å². The fourth-order valence-electron chi connectivity index (χ4n) is 3.38. The van der Waals surface area contributed by atoms with Crippen molar-refractivity contribution in [3.63, 3.8) is 0 Å². The average molecular weight is 312 g/mol. The molecule has 1 unspecified atom stereocenters. The summed E-state index contributed by atoms with van der Waals surface area (Å²) < 4.78 is 0. The lowest BCUT2D eigenvalue weighted by Gasteiger charge is -2.25. The third-order valence-electron chi connectivity index (χ3n) is 4.37. The smallest absolute Gasteiger partial charge is 0.111 e. The van der Waals surface area contributed by atoms with E-state index in [4.69, 9.17) is 11.6 Å². The number of hydrogen-bond donors (Lipinski definition) is 1. The quantitative estimate of drug-likeness (QED) is 0.942. The van der Waals surface area contributed by atoms with Crippen LogP contribution in [-0.2, 0) is 6.54 Å². The van der Waals surface area contributed by atoms with E-state index in [9.17, 15) is 0 Å². The van der Waals surface area contributed by atoms with Gasteiger partial charge in [0.15, 0.2) is 0 Å². The minimum atomic E-state index is 0.276. The first-order valence-electron chi connectivity index (χ1n) is 7.66. The van der Waals surface area contributed by atoms with E-state index in [2.05, 4.69) is 51.6 Å². The molecule has 0 aromatic heterocycles. The van der Waals surface area contributed by atoms with Crippen molar-refractivity contribution in [2.45, 2.75) is 12.6 Å². The van der Waals surface area contributed by atoms with E-state index in [1.807, 2.05) is 12.1 Å². The van der Waals surface area contributed by atoms with Crippen LogP contribution in [-0.4, -0.2) is 30.4 Å². The highest BCUT2D eigenvalue weighted by molar-refractivity contribution is 6.30. The van der Waals surface area contributed by atoms with E-state index in [0.717, 1.165) is 37.0 Å². The number of hydrogen-bond acceptors (Lipinski definition) is 3. The van der Waals surface area contributed by atoms with Crippen molar-refractivity contribution in [1.29, 1.82) is 0 Å². The zero-order valence-corrected chi connectivity index (χ0v) is 13.1. The van der Waals surface area contributed by atoms with E-state index in [1.54, 1.807) is 0 Å². The van der Waals surface area contributed by atoms with Crippen LogP contribution >= 0.6 is 11.6 Å². The van der Waals surface area contributed by atoms with Crippen LogP contribution in [0.5, 0.6) is 0 Å². The second-order valence-corrected chi connectivity index (χ2v) is 6.25. The van der Waals surface area contributed by atoms with Gasteiger partial charge in [-0.1, -0.05) is 48.0 Å². The molecular formula is C18H18ClN3. The molecule has 0 bridgehead atoms. The number of rotatable bonds is 3. The second-order valence-electron chi connectivity index (χ2n) is 5.81. The Morgan fingerprint density at radius 1 is 1.14 bits per heavy atom. The molecule has 2 aliphatic heterocycles. The van der Waals surface area contributed by atoms with E-state index >= 15 is 0 Å². The monoisotopic (exact) mass is 311 g/mol. The Balaban J connectivity index is 1.70. The molecule has 0 saturated heterocycles. The molecular weight excluding hydrogens is 294 g/mol. The molecule has 4 rings (SSSR count). The standard InChI is InChI=1S/C18H18ClN3/c19-15-7-5-13(6-8-15)18-16-4-2-1-3-14(16)11-22(18)12-17-20-9-10-21-17/h1-8,18H,9-12H2,(H,20,21). The van der Waals surface area contributed by atoms with Gasteiger partial charge in [-0.2, -0.15) is 0 Å². The Morgan fingerprint density at radius 3 is 2.73 bits per heavy atom. The van der Waals surface area contributed by atoms with Gasteiger partial charge in [0, 0.05) is 18.1 Å². The van der Waals surface area contributed by atoms with Gasteiger partial charge >= 0.3 is 0 Å². The molecule has 2 aromatic rings. The Hall–Kier alpha value is -1.84. The van der Waals surface area contributed by atoms with Crippen molar-refractivity contribution in [2.24, 2.45) is 4.99 Å². The van der Waals surface area contributed by atoms with Crippen LogP contribution in [0.2, 0.25) is 5.02 Å².